The normalized spacial score (nSPS) is 12.6. The molecule has 0 aliphatic heterocycles. The molecule has 0 aromatic rings. The van der Waals surface area contributed by atoms with Crippen molar-refractivity contribution in [2.45, 2.75) is 45.6 Å². The van der Waals surface area contributed by atoms with Gasteiger partial charge in [-0.25, -0.2) is 0 Å². The molecule has 0 heterocycles. The van der Waals surface area contributed by atoms with E-state index in [2.05, 4.69) is 12.2 Å². The second-order valence-electron chi connectivity index (χ2n) is 2.90. The van der Waals surface area contributed by atoms with Crippen molar-refractivity contribution in [3.8, 4) is 0 Å². The fraction of sp³-hybridized carbons (Fsp3) is 0.889. The zero-order valence-electron chi connectivity index (χ0n) is 7.90. The highest BCUT2D eigenvalue weighted by Crippen LogP contribution is 2.00. The number of carbonyl (C=O) groups excluding carboxylic acids is 1. The Morgan fingerprint density at radius 2 is 2.17 bits per heavy atom. The van der Waals surface area contributed by atoms with Crippen LogP contribution in [0, 0.1) is 0 Å². The molecule has 2 nitrogen and oxygen atoms in total. The van der Waals surface area contributed by atoms with Crippen molar-refractivity contribution in [2.75, 3.05) is 5.88 Å². The van der Waals surface area contributed by atoms with E-state index in [0.717, 1.165) is 19.3 Å². The first kappa shape index (κ1) is 11.8. The molecule has 0 bridgehead atoms. The third-order valence-corrected chi connectivity index (χ3v) is 2.01. The molecule has 12 heavy (non-hydrogen) atoms. The maximum absolute atomic E-state index is 11.1. The van der Waals surface area contributed by atoms with Crippen molar-refractivity contribution in [2.24, 2.45) is 0 Å². The predicted molar refractivity (Wildman–Crippen MR) is 52.5 cm³/mol. The molecule has 0 aliphatic carbocycles. The number of rotatable bonds is 6. The topological polar surface area (TPSA) is 29.1 Å². The molecule has 0 rings (SSSR count). The van der Waals surface area contributed by atoms with Gasteiger partial charge in [-0.1, -0.05) is 13.8 Å². The predicted octanol–water partition coefficient (Wildman–Crippen LogP) is 2.31. The van der Waals surface area contributed by atoms with Crippen molar-refractivity contribution >= 4 is 17.5 Å². The number of carbonyl (C=O) groups is 1. The van der Waals surface area contributed by atoms with Crippen LogP contribution in [0.1, 0.15) is 39.5 Å². The standard InChI is InChI=1S/C9H18ClNO/c1-3-5-9(12)11-8(4-2)6-7-10/h8H,3-7H2,1-2H3,(H,11,12). The lowest BCUT2D eigenvalue weighted by molar-refractivity contribution is -0.121. The monoisotopic (exact) mass is 191 g/mol. The molecular formula is C9H18ClNO. The van der Waals surface area contributed by atoms with Crippen molar-refractivity contribution in [3.63, 3.8) is 0 Å². The maximum Gasteiger partial charge on any atom is 0.220 e. The SMILES string of the molecule is CCCC(=O)NC(CC)CCCl. The van der Waals surface area contributed by atoms with Crippen LogP contribution in [-0.4, -0.2) is 17.8 Å². The Kier molecular flexibility index (Phi) is 7.26. The van der Waals surface area contributed by atoms with Crippen molar-refractivity contribution in [3.05, 3.63) is 0 Å². The van der Waals surface area contributed by atoms with E-state index in [0.29, 0.717) is 12.3 Å². The van der Waals surface area contributed by atoms with Gasteiger partial charge in [-0.05, 0) is 19.3 Å². The van der Waals surface area contributed by atoms with E-state index in [9.17, 15) is 4.79 Å². The minimum atomic E-state index is 0.148. The van der Waals surface area contributed by atoms with Gasteiger partial charge in [0.05, 0.1) is 0 Å². The molecule has 0 saturated carbocycles. The molecule has 0 saturated heterocycles. The highest BCUT2D eigenvalue weighted by molar-refractivity contribution is 6.17. The highest BCUT2D eigenvalue weighted by Gasteiger charge is 2.07. The van der Waals surface area contributed by atoms with E-state index in [-0.39, 0.29) is 11.9 Å². The molecule has 3 heteroatoms. The van der Waals surface area contributed by atoms with Crippen LogP contribution in [0.25, 0.3) is 0 Å². The largest absolute Gasteiger partial charge is 0.353 e. The first-order chi connectivity index (χ1) is 5.74. The van der Waals surface area contributed by atoms with Gasteiger partial charge in [0.15, 0.2) is 0 Å². The van der Waals surface area contributed by atoms with Gasteiger partial charge in [-0.3, -0.25) is 4.79 Å². The van der Waals surface area contributed by atoms with E-state index in [1.54, 1.807) is 0 Å². The lowest BCUT2D eigenvalue weighted by atomic mass is 10.1. The molecule has 1 N–H and O–H groups in total. The average Bonchev–Trinajstić information content (AvgIpc) is 2.04. The Labute approximate surface area is 79.7 Å². The molecule has 0 aromatic heterocycles. The molecular weight excluding hydrogens is 174 g/mol. The van der Waals surface area contributed by atoms with Gasteiger partial charge >= 0.3 is 0 Å². The molecule has 0 aliphatic rings. The molecule has 0 aromatic carbocycles. The van der Waals surface area contributed by atoms with Gasteiger partial charge in [0.25, 0.3) is 0 Å². The molecule has 72 valence electrons. The number of alkyl halides is 1. The van der Waals surface area contributed by atoms with Gasteiger partial charge in [0.2, 0.25) is 5.91 Å². The second kappa shape index (κ2) is 7.41. The lowest BCUT2D eigenvalue weighted by Gasteiger charge is -2.14. The Morgan fingerprint density at radius 3 is 2.58 bits per heavy atom. The number of nitrogens with one attached hydrogen (secondary N) is 1. The minimum absolute atomic E-state index is 0.148. The Balaban J connectivity index is 3.61. The van der Waals surface area contributed by atoms with Crippen LogP contribution in [0.2, 0.25) is 0 Å². The summed E-state index contributed by atoms with van der Waals surface area (Å²) in [5, 5.41) is 2.95. The lowest BCUT2D eigenvalue weighted by Crippen LogP contribution is -2.34. The van der Waals surface area contributed by atoms with E-state index >= 15 is 0 Å². The molecule has 1 atom stereocenters. The van der Waals surface area contributed by atoms with Crippen LogP contribution < -0.4 is 5.32 Å². The summed E-state index contributed by atoms with van der Waals surface area (Å²) in [6.07, 6.45) is 3.36. The Hall–Kier alpha value is -0.240. The van der Waals surface area contributed by atoms with Gasteiger partial charge in [0, 0.05) is 18.3 Å². The number of hydrogen-bond acceptors (Lipinski definition) is 1. The van der Waals surface area contributed by atoms with Gasteiger partial charge in [-0.15, -0.1) is 11.6 Å². The van der Waals surface area contributed by atoms with E-state index in [1.165, 1.54) is 0 Å². The number of halogens is 1. The third kappa shape index (κ3) is 5.42. The summed E-state index contributed by atoms with van der Waals surface area (Å²) in [7, 11) is 0. The highest BCUT2D eigenvalue weighted by atomic mass is 35.5. The van der Waals surface area contributed by atoms with Gasteiger partial charge in [-0.2, -0.15) is 0 Å². The van der Waals surface area contributed by atoms with Gasteiger partial charge in [0.1, 0.15) is 0 Å². The Morgan fingerprint density at radius 1 is 1.50 bits per heavy atom. The fourth-order valence-electron chi connectivity index (χ4n) is 1.04. The summed E-state index contributed by atoms with van der Waals surface area (Å²) in [4.78, 5) is 11.1. The second-order valence-corrected chi connectivity index (χ2v) is 3.28. The van der Waals surface area contributed by atoms with Crippen LogP contribution >= 0.6 is 11.6 Å². The van der Waals surface area contributed by atoms with Crippen LogP contribution in [0.5, 0.6) is 0 Å². The molecule has 0 spiro atoms. The van der Waals surface area contributed by atoms with Crippen LogP contribution in [0.3, 0.4) is 0 Å². The fourth-order valence-corrected chi connectivity index (χ4v) is 1.30. The number of hydrogen-bond donors (Lipinski definition) is 1. The smallest absolute Gasteiger partial charge is 0.220 e. The quantitative estimate of drug-likeness (QED) is 0.642. The molecule has 0 radical (unpaired) electrons. The molecule has 0 fully saturated rings. The summed E-state index contributed by atoms with van der Waals surface area (Å²) in [5.74, 6) is 0.764. The van der Waals surface area contributed by atoms with Crippen molar-refractivity contribution in [1.82, 2.24) is 5.32 Å². The van der Waals surface area contributed by atoms with E-state index in [1.807, 2.05) is 6.92 Å². The van der Waals surface area contributed by atoms with Crippen molar-refractivity contribution < 1.29 is 4.79 Å². The minimum Gasteiger partial charge on any atom is -0.353 e. The molecule has 1 unspecified atom stereocenters. The van der Waals surface area contributed by atoms with E-state index in [4.69, 9.17) is 11.6 Å². The van der Waals surface area contributed by atoms with Gasteiger partial charge < -0.3 is 5.32 Å². The Bertz CT molecular complexity index is 128. The molecule has 1 amide bonds. The first-order valence-corrected chi connectivity index (χ1v) is 5.13. The van der Waals surface area contributed by atoms with Crippen molar-refractivity contribution in [1.29, 1.82) is 0 Å². The first-order valence-electron chi connectivity index (χ1n) is 4.59. The number of amides is 1. The van der Waals surface area contributed by atoms with Crippen LogP contribution in [-0.2, 0) is 4.79 Å². The summed E-state index contributed by atoms with van der Waals surface area (Å²) < 4.78 is 0. The maximum atomic E-state index is 11.1. The summed E-state index contributed by atoms with van der Waals surface area (Å²) in [5.41, 5.74) is 0. The zero-order chi connectivity index (χ0) is 9.40. The summed E-state index contributed by atoms with van der Waals surface area (Å²) in [6.45, 7) is 4.06. The van der Waals surface area contributed by atoms with Crippen LogP contribution in [0.15, 0.2) is 0 Å². The van der Waals surface area contributed by atoms with E-state index < -0.39 is 0 Å². The zero-order valence-corrected chi connectivity index (χ0v) is 8.66. The average molecular weight is 192 g/mol. The summed E-state index contributed by atoms with van der Waals surface area (Å²) in [6, 6.07) is 0.265. The van der Waals surface area contributed by atoms with Crippen LogP contribution in [0.4, 0.5) is 0 Å². The summed E-state index contributed by atoms with van der Waals surface area (Å²) >= 11 is 5.58. The third-order valence-electron chi connectivity index (χ3n) is 1.79.